The standard InChI is InChI=1S/C16H17NO4/c1-2-5-19-13-6-12(8-17-9-13)16(18)11-3-4-14-15(7-11)21-10-20-14/h3-4,6-9,16,18H,2,5,10H2,1H3. The fraction of sp³-hybridized carbons (Fsp3) is 0.312. The second kappa shape index (κ2) is 6.01. The summed E-state index contributed by atoms with van der Waals surface area (Å²) in [7, 11) is 0. The Morgan fingerprint density at radius 3 is 2.90 bits per heavy atom. The van der Waals surface area contributed by atoms with E-state index in [9.17, 15) is 5.11 Å². The van der Waals surface area contributed by atoms with Crippen molar-refractivity contribution < 1.29 is 19.3 Å². The first-order chi connectivity index (χ1) is 10.3. The first-order valence-electron chi connectivity index (χ1n) is 6.93. The van der Waals surface area contributed by atoms with Gasteiger partial charge in [-0.05, 0) is 30.2 Å². The number of aromatic nitrogens is 1. The predicted molar refractivity (Wildman–Crippen MR) is 76.6 cm³/mol. The molecular formula is C16H17NO4. The average molecular weight is 287 g/mol. The Kier molecular flexibility index (Phi) is 3.92. The Labute approximate surface area is 123 Å². The highest BCUT2D eigenvalue weighted by Crippen LogP contribution is 2.35. The van der Waals surface area contributed by atoms with Crippen LogP contribution in [0.25, 0.3) is 0 Å². The molecule has 0 aliphatic carbocycles. The highest BCUT2D eigenvalue weighted by atomic mass is 16.7. The summed E-state index contributed by atoms with van der Waals surface area (Å²) < 4.78 is 16.1. The second-order valence-corrected chi connectivity index (χ2v) is 4.82. The van der Waals surface area contributed by atoms with Crippen LogP contribution in [0.4, 0.5) is 0 Å². The lowest BCUT2D eigenvalue weighted by molar-refractivity contribution is 0.173. The Bertz CT molecular complexity index is 629. The number of rotatable bonds is 5. The Morgan fingerprint density at radius 1 is 1.19 bits per heavy atom. The van der Waals surface area contributed by atoms with E-state index in [1.165, 1.54) is 0 Å². The van der Waals surface area contributed by atoms with E-state index >= 15 is 0 Å². The topological polar surface area (TPSA) is 60.8 Å². The van der Waals surface area contributed by atoms with E-state index in [1.54, 1.807) is 30.6 Å². The SMILES string of the molecule is CCCOc1cncc(C(O)c2ccc3c(c2)OCO3)c1. The summed E-state index contributed by atoms with van der Waals surface area (Å²) in [5.74, 6) is 2.01. The molecule has 1 aromatic heterocycles. The monoisotopic (exact) mass is 287 g/mol. The summed E-state index contributed by atoms with van der Waals surface area (Å²) in [6.07, 6.45) is 3.42. The number of aliphatic hydroxyl groups excluding tert-OH is 1. The van der Waals surface area contributed by atoms with Gasteiger partial charge in [0.15, 0.2) is 11.5 Å². The molecule has 1 unspecified atom stereocenters. The fourth-order valence-corrected chi connectivity index (χ4v) is 2.16. The van der Waals surface area contributed by atoms with Crippen LogP contribution in [0, 0.1) is 0 Å². The van der Waals surface area contributed by atoms with Crippen LogP contribution in [-0.4, -0.2) is 23.5 Å². The second-order valence-electron chi connectivity index (χ2n) is 4.82. The highest BCUT2D eigenvalue weighted by Gasteiger charge is 2.18. The summed E-state index contributed by atoms with van der Waals surface area (Å²) in [5, 5.41) is 10.5. The lowest BCUT2D eigenvalue weighted by Crippen LogP contribution is -2.02. The summed E-state index contributed by atoms with van der Waals surface area (Å²) in [6, 6.07) is 7.20. The molecule has 0 radical (unpaired) electrons. The van der Waals surface area contributed by atoms with E-state index in [0.29, 0.717) is 29.4 Å². The largest absolute Gasteiger partial charge is 0.492 e. The molecule has 0 bridgehead atoms. The van der Waals surface area contributed by atoms with Crippen molar-refractivity contribution in [2.24, 2.45) is 0 Å². The number of benzene rings is 1. The molecule has 21 heavy (non-hydrogen) atoms. The average Bonchev–Trinajstić information content (AvgIpc) is 3.00. The first-order valence-corrected chi connectivity index (χ1v) is 6.93. The highest BCUT2D eigenvalue weighted by molar-refractivity contribution is 5.46. The number of pyridine rings is 1. The minimum Gasteiger partial charge on any atom is -0.492 e. The molecule has 1 atom stereocenters. The van der Waals surface area contributed by atoms with Gasteiger partial charge in [0.2, 0.25) is 6.79 Å². The molecule has 110 valence electrons. The molecule has 3 rings (SSSR count). The van der Waals surface area contributed by atoms with Crippen LogP contribution in [0.5, 0.6) is 17.2 Å². The van der Waals surface area contributed by atoms with E-state index in [2.05, 4.69) is 4.98 Å². The first kappa shape index (κ1) is 13.7. The van der Waals surface area contributed by atoms with E-state index in [1.807, 2.05) is 13.0 Å². The van der Waals surface area contributed by atoms with Gasteiger partial charge < -0.3 is 19.3 Å². The van der Waals surface area contributed by atoms with Gasteiger partial charge in [-0.1, -0.05) is 13.0 Å². The molecule has 2 heterocycles. The molecule has 0 fully saturated rings. The van der Waals surface area contributed by atoms with Crippen LogP contribution in [0.2, 0.25) is 0 Å². The zero-order chi connectivity index (χ0) is 14.7. The van der Waals surface area contributed by atoms with E-state index in [0.717, 1.165) is 12.0 Å². The van der Waals surface area contributed by atoms with E-state index in [-0.39, 0.29) is 6.79 Å². The predicted octanol–water partition coefficient (Wildman–Crippen LogP) is 2.68. The van der Waals surface area contributed by atoms with Crippen LogP contribution in [0.1, 0.15) is 30.6 Å². The molecule has 5 heteroatoms. The van der Waals surface area contributed by atoms with Crippen LogP contribution >= 0.6 is 0 Å². The molecular weight excluding hydrogens is 270 g/mol. The van der Waals surface area contributed by atoms with Crippen molar-refractivity contribution in [1.29, 1.82) is 0 Å². The zero-order valence-corrected chi connectivity index (χ0v) is 11.8. The molecule has 0 saturated carbocycles. The Balaban J connectivity index is 1.82. The third-order valence-electron chi connectivity index (χ3n) is 3.24. The van der Waals surface area contributed by atoms with Gasteiger partial charge in [-0.2, -0.15) is 0 Å². The Hall–Kier alpha value is -2.27. The number of fused-ring (bicyclic) bond motifs is 1. The minimum absolute atomic E-state index is 0.219. The fourth-order valence-electron chi connectivity index (χ4n) is 2.16. The van der Waals surface area contributed by atoms with Crippen molar-refractivity contribution in [3.63, 3.8) is 0 Å². The molecule has 5 nitrogen and oxygen atoms in total. The van der Waals surface area contributed by atoms with Crippen molar-refractivity contribution in [2.75, 3.05) is 13.4 Å². The van der Waals surface area contributed by atoms with Crippen LogP contribution < -0.4 is 14.2 Å². The van der Waals surface area contributed by atoms with Crippen LogP contribution in [0.15, 0.2) is 36.7 Å². The van der Waals surface area contributed by atoms with Crippen molar-refractivity contribution in [1.82, 2.24) is 4.98 Å². The molecule has 0 saturated heterocycles. The molecule has 1 aromatic carbocycles. The van der Waals surface area contributed by atoms with Crippen LogP contribution in [-0.2, 0) is 0 Å². The van der Waals surface area contributed by atoms with Gasteiger partial charge in [0.25, 0.3) is 0 Å². The molecule has 1 aliphatic rings. The van der Waals surface area contributed by atoms with Crippen molar-refractivity contribution in [3.8, 4) is 17.2 Å². The number of hydrogen-bond donors (Lipinski definition) is 1. The summed E-state index contributed by atoms with van der Waals surface area (Å²) in [6.45, 7) is 2.89. The molecule has 0 spiro atoms. The van der Waals surface area contributed by atoms with Gasteiger partial charge in [0, 0.05) is 11.8 Å². The van der Waals surface area contributed by atoms with Gasteiger partial charge in [-0.15, -0.1) is 0 Å². The maximum absolute atomic E-state index is 10.5. The van der Waals surface area contributed by atoms with Crippen molar-refractivity contribution in [3.05, 3.63) is 47.8 Å². The quantitative estimate of drug-likeness (QED) is 0.916. The third kappa shape index (κ3) is 2.92. The number of aliphatic hydroxyl groups is 1. The van der Waals surface area contributed by atoms with Crippen molar-refractivity contribution >= 4 is 0 Å². The smallest absolute Gasteiger partial charge is 0.231 e. The van der Waals surface area contributed by atoms with E-state index < -0.39 is 6.10 Å². The molecule has 1 aliphatic heterocycles. The van der Waals surface area contributed by atoms with Crippen molar-refractivity contribution in [2.45, 2.75) is 19.4 Å². The number of hydrogen-bond acceptors (Lipinski definition) is 5. The summed E-state index contributed by atoms with van der Waals surface area (Å²) >= 11 is 0. The van der Waals surface area contributed by atoms with Gasteiger partial charge in [-0.3, -0.25) is 4.98 Å². The summed E-state index contributed by atoms with van der Waals surface area (Å²) in [5.41, 5.74) is 1.41. The van der Waals surface area contributed by atoms with Gasteiger partial charge in [0.05, 0.1) is 12.8 Å². The lowest BCUT2D eigenvalue weighted by atomic mass is 10.0. The zero-order valence-electron chi connectivity index (χ0n) is 11.8. The molecule has 0 amide bonds. The van der Waals surface area contributed by atoms with Gasteiger partial charge >= 0.3 is 0 Å². The lowest BCUT2D eigenvalue weighted by Gasteiger charge is -2.13. The third-order valence-corrected chi connectivity index (χ3v) is 3.24. The van der Waals surface area contributed by atoms with E-state index in [4.69, 9.17) is 14.2 Å². The maximum atomic E-state index is 10.5. The molecule has 1 N–H and O–H groups in total. The number of nitrogens with zero attached hydrogens (tertiary/aromatic N) is 1. The van der Waals surface area contributed by atoms with Gasteiger partial charge in [0.1, 0.15) is 11.9 Å². The Morgan fingerprint density at radius 2 is 2.05 bits per heavy atom. The number of ether oxygens (including phenoxy) is 3. The minimum atomic E-state index is -0.780. The molecule has 2 aromatic rings. The maximum Gasteiger partial charge on any atom is 0.231 e. The normalized spacial score (nSPS) is 14.0. The van der Waals surface area contributed by atoms with Gasteiger partial charge in [-0.25, -0.2) is 0 Å². The van der Waals surface area contributed by atoms with Crippen LogP contribution in [0.3, 0.4) is 0 Å². The summed E-state index contributed by atoms with van der Waals surface area (Å²) in [4.78, 5) is 4.12.